The van der Waals surface area contributed by atoms with E-state index in [0.717, 1.165) is 55.1 Å². The van der Waals surface area contributed by atoms with Crippen molar-refractivity contribution in [3.8, 4) is 17.0 Å². The van der Waals surface area contributed by atoms with Crippen LogP contribution in [-0.2, 0) is 25.8 Å². The second-order valence-corrected chi connectivity index (χ2v) is 9.56. The normalized spacial score (nSPS) is 15.9. The third kappa shape index (κ3) is 4.51. The first-order valence-corrected chi connectivity index (χ1v) is 13.0. The summed E-state index contributed by atoms with van der Waals surface area (Å²) in [5, 5.41) is 0. The van der Waals surface area contributed by atoms with Gasteiger partial charge in [-0.15, -0.1) is 0 Å². The molecule has 2 aromatic carbocycles. The van der Waals surface area contributed by atoms with Gasteiger partial charge in [0.1, 0.15) is 5.75 Å². The molecule has 0 bridgehead atoms. The highest BCUT2D eigenvalue weighted by Gasteiger charge is 2.29. The molecular weight excluding hydrogens is 416 g/mol. The number of nitrogens with zero attached hydrogens (tertiary/aromatic N) is 2. The molecule has 0 saturated carbocycles. The summed E-state index contributed by atoms with van der Waals surface area (Å²) in [5.74, 6) is 1.00. The Morgan fingerprint density at radius 2 is 1.68 bits per heavy atom. The fourth-order valence-corrected chi connectivity index (χ4v) is 5.78. The summed E-state index contributed by atoms with van der Waals surface area (Å²) in [6.07, 6.45) is 5.45. The van der Waals surface area contributed by atoms with Crippen molar-refractivity contribution in [2.24, 2.45) is 0 Å². The van der Waals surface area contributed by atoms with Gasteiger partial charge in [-0.2, -0.15) is 0 Å². The molecular formula is C31H40N2O. The lowest BCUT2D eigenvalue weighted by Gasteiger charge is -2.38. The van der Waals surface area contributed by atoms with E-state index in [9.17, 15) is 0 Å². The average molecular weight is 457 g/mol. The maximum atomic E-state index is 6.11. The fraction of sp³-hybridized carbons (Fsp3) is 0.452. The Kier molecular flexibility index (Phi) is 7.73. The Balaban J connectivity index is 1.78. The number of rotatable bonds is 8. The summed E-state index contributed by atoms with van der Waals surface area (Å²) < 4.78 is 6.11. The van der Waals surface area contributed by atoms with E-state index in [1.807, 2.05) is 7.11 Å². The van der Waals surface area contributed by atoms with Crippen LogP contribution in [-0.4, -0.2) is 23.5 Å². The number of hydrogen-bond acceptors (Lipinski definition) is 3. The monoisotopic (exact) mass is 456 g/mol. The molecule has 3 nitrogen and oxygen atoms in total. The molecule has 0 aliphatic carbocycles. The zero-order valence-electron chi connectivity index (χ0n) is 21.9. The number of hydrogen-bond donors (Lipinski definition) is 0. The largest absolute Gasteiger partial charge is 0.496 e. The predicted molar refractivity (Wildman–Crippen MR) is 143 cm³/mol. The fourth-order valence-electron chi connectivity index (χ4n) is 5.78. The van der Waals surface area contributed by atoms with Gasteiger partial charge in [0, 0.05) is 41.5 Å². The number of benzene rings is 2. The number of methoxy groups -OCH3 is 1. The second kappa shape index (κ2) is 10.7. The van der Waals surface area contributed by atoms with Crippen molar-refractivity contribution in [3.63, 3.8) is 0 Å². The van der Waals surface area contributed by atoms with E-state index in [0.29, 0.717) is 6.04 Å². The number of pyridine rings is 1. The first kappa shape index (κ1) is 24.5. The third-order valence-electron chi connectivity index (χ3n) is 7.57. The Morgan fingerprint density at radius 3 is 2.32 bits per heavy atom. The highest BCUT2D eigenvalue weighted by atomic mass is 16.5. The van der Waals surface area contributed by atoms with Crippen LogP contribution < -0.4 is 4.74 Å². The molecule has 3 aromatic rings. The standard InChI is InChI=1S/C31H40N2O/c1-7-13-28-26-17-11-10-14-25(26)18-19-33(28)20-27-22(5)32-30(21(4)31(27)34-6)29-23(8-2)15-12-16-24(29)9-3/h10-12,14-17,28H,7-9,13,18-20H2,1-6H3. The Morgan fingerprint density at radius 1 is 0.971 bits per heavy atom. The molecule has 3 heteroatoms. The van der Waals surface area contributed by atoms with Gasteiger partial charge in [-0.1, -0.05) is 69.7 Å². The highest BCUT2D eigenvalue weighted by molar-refractivity contribution is 5.74. The molecule has 0 amide bonds. The van der Waals surface area contributed by atoms with Gasteiger partial charge >= 0.3 is 0 Å². The molecule has 1 unspecified atom stereocenters. The van der Waals surface area contributed by atoms with Crippen LogP contribution in [0.1, 0.15) is 78.7 Å². The molecule has 0 spiro atoms. The van der Waals surface area contributed by atoms with Crippen molar-refractivity contribution in [3.05, 3.63) is 81.5 Å². The third-order valence-corrected chi connectivity index (χ3v) is 7.57. The van der Waals surface area contributed by atoms with Gasteiger partial charge in [-0.3, -0.25) is 9.88 Å². The lowest BCUT2D eigenvalue weighted by Crippen LogP contribution is -2.35. The van der Waals surface area contributed by atoms with Crippen LogP contribution in [0.25, 0.3) is 11.3 Å². The Hall–Kier alpha value is -2.65. The molecule has 1 atom stereocenters. The molecule has 2 heterocycles. The topological polar surface area (TPSA) is 25.4 Å². The van der Waals surface area contributed by atoms with Gasteiger partial charge in [0.2, 0.25) is 0 Å². The van der Waals surface area contributed by atoms with Crippen molar-refractivity contribution in [1.29, 1.82) is 0 Å². The first-order chi connectivity index (χ1) is 16.5. The zero-order valence-corrected chi connectivity index (χ0v) is 21.9. The van der Waals surface area contributed by atoms with Gasteiger partial charge in [-0.05, 0) is 61.8 Å². The number of fused-ring (bicyclic) bond motifs is 1. The van der Waals surface area contributed by atoms with E-state index >= 15 is 0 Å². The number of ether oxygens (including phenoxy) is 1. The van der Waals surface area contributed by atoms with E-state index < -0.39 is 0 Å². The summed E-state index contributed by atoms with van der Waals surface area (Å²) in [6, 6.07) is 16.1. The summed E-state index contributed by atoms with van der Waals surface area (Å²) in [6.45, 7) is 13.0. The van der Waals surface area contributed by atoms with E-state index in [2.05, 4.69) is 82.0 Å². The Bertz CT molecular complexity index is 1130. The van der Waals surface area contributed by atoms with Crippen LogP contribution in [0.3, 0.4) is 0 Å². The van der Waals surface area contributed by atoms with Crippen molar-refractivity contribution >= 4 is 0 Å². The lowest BCUT2D eigenvalue weighted by molar-refractivity contribution is 0.163. The minimum Gasteiger partial charge on any atom is -0.496 e. The molecule has 1 aliphatic rings. The van der Waals surface area contributed by atoms with Crippen LogP contribution >= 0.6 is 0 Å². The van der Waals surface area contributed by atoms with E-state index in [1.54, 1.807) is 0 Å². The van der Waals surface area contributed by atoms with Gasteiger partial charge in [-0.25, -0.2) is 0 Å². The molecule has 0 N–H and O–H groups in total. The Labute approximate surface area is 206 Å². The van der Waals surface area contributed by atoms with Crippen LogP contribution in [0, 0.1) is 13.8 Å². The van der Waals surface area contributed by atoms with Gasteiger partial charge in [0.15, 0.2) is 0 Å². The summed E-state index contributed by atoms with van der Waals surface area (Å²) in [4.78, 5) is 7.89. The van der Waals surface area contributed by atoms with Crippen LogP contribution in [0.15, 0.2) is 42.5 Å². The number of aromatic nitrogens is 1. The quantitative estimate of drug-likeness (QED) is 0.353. The molecule has 0 fully saturated rings. The summed E-state index contributed by atoms with van der Waals surface area (Å²) in [7, 11) is 1.82. The van der Waals surface area contributed by atoms with Crippen molar-refractivity contribution in [2.45, 2.75) is 79.3 Å². The number of aryl methyl sites for hydroxylation is 3. The van der Waals surface area contributed by atoms with Gasteiger partial charge < -0.3 is 4.74 Å². The SMILES string of the molecule is CCCC1c2ccccc2CCN1Cc1c(C)nc(-c2c(CC)cccc2CC)c(C)c1OC. The first-order valence-electron chi connectivity index (χ1n) is 13.0. The van der Waals surface area contributed by atoms with Crippen LogP contribution in [0.4, 0.5) is 0 Å². The minimum atomic E-state index is 0.451. The van der Waals surface area contributed by atoms with Crippen LogP contribution in [0.2, 0.25) is 0 Å². The van der Waals surface area contributed by atoms with Gasteiger partial charge in [0.05, 0.1) is 12.8 Å². The van der Waals surface area contributed by atoms with Crippen LogP contribution in [0.5, 0.6) is 5.75 Å². The van der Waals surface area contributed by atoms with Crippen molar-refractivity contribution < 1.29 is 4.74 Å². The molecule has 180 valence electrons. The molecule has 34 heavy (non-hydrogen) atoms. The van der Waals surface area contributed by atoms with E-state index in [1.165, 1.54) is 46.2 Å². The molecule has 4 rings (SSSR count). The molecule has 1 aliphatic heterocycles. The average Bonchev–Trinajstić information content (AvgIpc) is 2.87. The maximum Gasteiger partial charge on any atom is 0.130 e. The predicted octanol–water partition coefficient (Wildman–Crippen LogP) is 7.40. The van der Waals surface area contributed by atoms with Gasteiger partial charge in [0.25, 0.3) is 0 Å². The second-order valence-electron chi connectivity index (χ2n) is 9.56. The van der Waals surface area contributed by atoms with Crippen molar-refractivity contribution in [2.75, 3.05) is 13.7 Å². The highest BCUT2D eigenvalue weighted by Crippen LogP contribution is 2.40. The van der Waals surface area contributed by atoms with Crippen molar-refractivity contribution in [1.82, 2.24) is 9.88 Å². The van der Waals surface area contributed by atoms with E-state index in [4.69, 9.17) is 9.72 Å². The molecule has 0 radical (unpaired) electrons. The maximum absolute atomic E-state index is 6.11. The molecule has 1 aromatic heterocycles. The zero-order chi connectivity index (χ0) is 24.2. The lowest BCUT2D eigenvalue weighted by atomic mass is 9.89. The summed E-state index contributed by atoms with van der Waals surface area (Å²) >= 11 is 0. The smallest absolute Gasteiger partial charge is 0.130 e. The summed E-state index contributed by atoms with van der Waals surface area (Å²) in [5.41, 5.74) is 11.6. The van der Waals surface area contributed by atoms with E-state index in [-0.39, 0.29) is 0 Å². The minimum absolute atomic E-state index is 0.451. The molecule has 0 saturated heterocycles.